The third-order valence-electron chi connectivity index (χ3n) is 7.68. The highest BCUT2D eigenvalue weighted by atomic mass is 16.5. The van der Waals surface area contributed by atoms with Gasteiger partial charge in [0.05, 0.1) is 19.1 Å². The van der Waals surface area contributed by atoms with Gasteiger partial charge in [-0.05, 0) is 62.1 Å². The van der Waals surface area contributed by atoms with E-state index in [0.717, 1.165) is 68.9 Å². The summed E-state index contributed by atoms with van der Waals surface area (Å²) in [5, 5.41) is 0. The number of benzene rings is 3. The molecule has 1 fully saturated rings. The Morgan fingerprint density at radius 1 is 0.892 bits per heavy atom. The summed E-state index contributed by atoms with van der Waals surface area (Å²) in [6.07, 6.45) is 2.50. The molecule has 3 aromatic carbocycles. The van der Waals surface area contributed by atoms with Crippen LogP contribution in [0.5, 0.6) is 5.75 Å². The number of anilines is 1. The summed E-state index contributed by atoms with van der Waals surface area (Å²) < 4.78 is 11.1. The van der Waals surface area contributed by atoms with Crippen LogP contribution in [0.2, 0.25) is 0 Å². The van der Waals surface area contributed by atoms with E-state index >= 15 is 0 Å². The van der Waals surface area contributed by atoms with E-state index in [1.807, 2.05) is 37.3 Å². The maximum atomic E-state index is 13.1. The molecule has 196 valence electrons. The zero-order chi connectivity index (χ0) is 26.1. The van der Waals surface area contributed by atoms with E-state index in [9.17, 15) is 4.79 Å². The van der Waals surface area contributed by atoms with Crippen molar-refractivity contribution < 1.29 is 14.3 Å². The number of hydrogen-bond acceptors (Lipinski definition) is 5. The van der Waals surface area contributed by atoms with Crippen LogP contribution in [0.3, 0.4) is 0 Å². The summed E-state index contributed by atoms with van der Waals surface area (Å²) in [5.74, 6) is 0.800. The number of para-hydroxylation sites is 1. The number of ether oxygens (including phenoxy) is 2. The second-order valence-electron chi connectivity index (χ2n) is 9.71. The molecule has 37 heavy (non-hydrogen) atoms. The maximum Gasteiger partial charge on any atom is 0.316 e. The molecule has 0 spiro atoms. The lowest BCUT2D eigenvalue weighted by molar-refractivity contribution is -0.150. The van der Waals surface area contributed by atoms with Crippen LogP contribution < -0.4 is 9.64 Å². The fourth-order valence-corrected chi connectivity index (χ4v) is 5.50. The maximum absolute atomic E-state index is 13.1. The van der Waals surface area contributed by atoms with Crippen molar-refractivity contribution in [2.24, 2.45) is 0 Å². The first kappa shape index (κ1) is 26.7. The van der Waals surface area contributed by atoms with Crippen LogP contribution in [0.4, 0.5) is 5.69 Å². The molecule has 1 aliphatic heterocycles. The molecule has 0 saturated carbocycles. The van der Waals surface area contributed by atoms with Crippen molar-refractivity contribution in [3.63, 3.8) is 0 Å². The Kier molecular flexibility index (Phi) is 9.24. The summed E-state index contributed by atoms with van der Waals surface area (Å²) in [6, 6.07) is 27.1. The highest BCUT2D eigenvalue weighted by Crippen LogP contribution is 2.35. The average Bonchev–Trinajstić information content (AvgIpc) is 2.96. The lowest BCUT2D eigenvalue weighted by Gasteiger charge is -2.37. The van der Waals surface area contributed by atoms with E-state index in [-0.39, 0.29) is 5.97 Å². The van der Waals surface area contributed by atoms with Gasteiger partial charge in [0.25, 0.3) is 0 Å². The molecular formula is C32H40N2O3. The molecule has 1 saturated heterocycles. The van der Waals surface area contributed by atoms with Crippen molar-refractivity contribution in [3.8, 4) is 16.9 Å². The van der Waals surface area contributed by atoms with Gasteiger partial charge in [0.1, 0.15) is 5.75 Å². The van der Waals surface area contributed by atoms with E-state index < -0.39 is 5.41 Å². The van der Waals surface area contributed by atoms with Gasteiger partial charge in [-0.1, -0.05) is 67.6 Å². The summed E-state index contributed by atoms with van der Waals surface area (Å²) in [6.45, 7) is 9.40. The first-order valence-corrected chi connectivity index (χ1v) is 13.5. The number of piperazine rings is 1. The highest BCUT2D eigenvalue weighted by Gasteiger charge is 2.39. The second-order valence-corrected chi connectivity index (χ2v) is 9.71. The number of carbonyl (C=O) groups excluding carboxylic acids is 1. The topological polar surface area (TPSA) is 42.0 Å². The minimum absolute atomic E-state index is 0.0940. The smallest absolute Gasteiger partial charge is 0.316 e. The van der Waals surface area contributed by atoms with Crippen molar-refractivity contribution in [1.29, 1.82) is 0 Å². The first-order valence-electron chi connectivity index (χ1n) is 13.5. The van der Waals surface area contributed by atoms with Crippen LogP contribution in [0, 0.1) is 0 Å². The third-order valence-corrected chi connectivity index (χ3v) is 7.68. The summed E-state index contributed by atoms with van der Waals surface area (Å²) >= 11 is 0. The molecule has 1 atom stereocenters. The minimum atomic E-state index is -0.571. The Balaban J connectivity index is 1.36. The lowest BCUT2D eigenvalue weighted by atomic mass is 9.74. The van der Waals surface area contributed by atoms with Crippen LogP contribution >= 0.6 is 0 Å². The Morgan fingerprint density at radius 2 is 1.62 bits per heavy atom. The number of nitrogens with zero attached hydrogens (tertiary/aromatic N) is 2. The fraction of sp³-hybridized carbons (Fsp3) is 0.406. The van der Waals surface area contributed by atoms with E-state index in [0.29, 0.717) is 6.61 Å². The van der Waals surface area contributed by atoms with Gasteiger partial charge in [0.2, 0.25) is 0 Å². The van der Waals surface area contributed by atoms with Crippen molar-refractivity contribution >= 4 is 11.7 Å². The van der Waals surface area contributed by atoms with E-state index in [4.69, 9.17) is 9.47 Å². The number of methoxy groups -OCH3 is 1. The zero-order valence-corrected chi connectivity index (χ0v) is 22.5. The number of esters is 1. The van der Waals surface area contributed by atoms with E-state index in [1.54, 1.807) is 7.11 Å². The molecule has 5 heteroatoms. The molecule has 0 aliphatic carbocycles. The first-order chi connectivity index (χ1) is 18.1. The van der Waals surface area contributed by atoms with Crippen molar-refractivity contribution in [2.75, 3.05) is 51.3 Å². The predicted octanol–water partition coefficient (Wildman–Crippen LogP) is 6.18. The number of carbonyl (C=O) groups is 1. The molecule has 3 aromatic rings. The summed E-state index contributed by atoms with van der Waals surface area (Å²) in [5.41, 5.74) is 4.03. The highest BCUT2D eigenvalue weighted by molar-refractivity contribution is 5.83. The molecule has 1 aliphatic rings. The predicted molar refractivity (Wildman–Crippen MR) is 151 cm³/mol. The van der Waals surface area contributed by atoms with Gasteiger partial charge >= 0.3 is 5.97 Å². The van der Waals surface area contributed by atoms with Crippen LogP contribution in [-0.2, 0) is 14.9 Å². The molecule has 1 heterocycles. The van der Waals surface area contributed by atoms with E-state index in [1.165, 1.54) is 11.3 Å². The van der Waals surface area contributed by atoms with Gasteiger partial charge < -0.3 is 14.4 Å². The number of rotatable bonds is 11. The molecular weight excluding hydrogens is 460 g/mol. The molecule has 1 unspecified atom stereocenters. The Hall–Kier alpha value is -3.31. The molecule has 0 N–H and O–H groups in total. The van der Waals surface area contributed by atoms with Gasteiger partial charge in [-0.15, -0.1) is 0 Å². The van der Waals surface area contributed by atoms with Crippen molar-refractivity contribution in [1.82, 2.24) is 4.90 Å². The Bertz CT molecular complexity index is 1140. The van der Waals surface area contributed by atoms with Gasteiger partial charge in [0, 0.05) is 37.4 Å². The lowest BCUT2D eigenvalue weighted by Crippen LogP contribution is -2.47. The van der Waals surface area contributed by atoms with Crippen LogP contribution in [-0.4, -0.2) is 57.3 Å². The van der Waals surface area contributed by atoms with E-state index in [2.05, 4.69) is 65.3 Å². The SMILES string of the molecule is CCOC(=O)C(CC)(CCCN1CCN(c2cccc(-c3ccccc3OC)c2)CC1)c1ccccc1. The molecule has 0 bridgehead atoms. The second kappa shape index (κ2) is 12.8. The molecule has 4 rings (SSSR count). The number of hydrogen-bond donors (Lipinski definition) is 0. The molecule has 0 radical (unpaired) electrons. The zero-order valence-electron chi connectivity index (χ0n) is 22.5. The molecule has 0 amide bonds. The monoisotopic (exact) mass is 500 g/mol. The van der Waals surface area contributed by atoms with Crippen LogP contribution in [0.25, 0.3) is 11.1 Å². The molecule has 0 aromatic heterocycles. The quantitative estimate of drug-likeness (QED) is 0.294. The summed E-state index contributed by atoms with van der Waals surface area (Å²) in [7, 11) is 1.72. The fourth-order valence-electron chi connectivity index (χ4n) is 5.50. The Labute approximate surface area is 222 Å². The minimum Gasteiger partial charge on any atom is -0.496 e. The van der Waals surface area contributed by atoms with Crippen LogP contribution in [0.1, 0.15) is 38.7 Å². The summed E-state index contributed by atoms with van der Waals surface area (Å²) in [4.78, 5) is 18.1. The van der Waals surface area contributed by atoms with Gasteiger partial charge in [-0.2, -0.15) is 0 Å². The van der Waals surface area contributed by atoms with Gasteiger partial charge in [-0.3, -0.25) is 9.69 Å². The van der Waals surface area contributed by atoms with Gasteiger partial charge in [0.15, 0.2) is 0 Å². The normalized spacial score (nSPS) is 15.7. The van der Waals surface area contributed by atoms with Crippen molar-refractivity contribution in [3.05, 3.63) is 84.4 Å². The molecule has 5 nitrogen and oxygen atoms in total. The largest absolute Gasteiger partial charge is 0.496 e. The van der Waals surface area contributed by atoms with Crippen LogP contribution in [0.15, 0.2) is 78.9 Å². The van der Waals surface area contributed by atoms with Gasteiger partial charge in [-0.25, -0.2) is 0 Å². The average molecular weight is 501 g/mol. The Morgan fingerprint density at radius 3 is 2.32 bits per heavy atom. The third kappa shape index (κ3) is 6.16. The van der Waals surface area contributed by atoms with Crippen molar-refractivity contribution in [2.45, 2.75) is 38.5 Å². The standard InChI is InChI=1S/C32H40N2O3/c1-4-32(31(35)37-5-2,27-14-7-6-8-15-27)19-12-20-33-21-23-34(24-22-33)28-16-11-13-26(25-28)29-17-9-10-18-30(29)36-3/h6-11,13-18,25H,4-5,12,19-24H2,1-3H3.